The first-order valence-electron chi connectivity index (χ1n) is 10.2. The Morgan fingerprint density at radius 3 is 2.84 bits per heavy atom. The molecule has 1 fully saturated rings. The Kier molecular flexibility index (Phi) is 4.69. The summed E-state index contributed by atoms with van der Waals surface area (Å²) < 4.78 is 13.0. The van der Waals surface area contributed by atoms with Crippen molar-refractivity contribution in [1.82, 2.24) is 19.7 Å². The van der Waals surface area contributed by atoms with Gasteiger partial charge in [-0.15, -0.1) is 21.5 Å². The zero-order valence-electron chi connectivity index (χ0n) is 16.9. The van der Waals surface area contributed by atoms with E-state index in [2.05, 4.69) is 57.5 Å². The number of fused-ring (bicyclic) bond motifs is 1. The van der Waals surface area contributed by atoms with Gasteiger partial charge in [-0.05, 0) is 36.1 Å². The van der Waals surface area contributed by atoms with Crippen molar-refractivity contribution in [1.29, 1.82) is 0 Å². The molecule has 4 aromatic rings. The maximum atomic E-state index is 5.48. The molecule has 2 aromatic heterocycles. The normalized spacial score (nSPS) is 19.0. The first-order chi connectivity index (χ1) is 15.3. The van der Waals surface area contributed by atoms with Crippen LogP contribution in [0.1, 0.15) is 35.3 Å². The number of ether oxygens (including phenoxy) is 2. The predicted octanol–water partition coefficient (Wildman–Crippen LogP) is 5.23. The Bertz CT molecular complexity index is 1240. The second-order valence-corrected chi connectivity index (χ2v) is 9.56. The molecule has 6 nitrogen and oxygen atoms in total. The lowest BCUT2D eigenvalue weighted by Gasteiger charge is -2.03. The smallest absolute Gasteiger partial charge is 0.231 e. The van der Waals surface area contributed by atoms with Gasteiger partial charge in [-0.3, -0.25) is 0 Å². The van der Waals surface area contributed by atoms with Gasteiger partial charge in [-0.25, -0.2) is 4.98 Å². The van der Waals surface area contributed by atoms with Crippen LogP contribution in [0.5, 0.6) is 11.5 Å². The maximum absolute atomic E-state index is 5.48. The lowest BCUT2D eigenvalue weighted by atomic mass is 10.1. The average molecular weight is 449 g/mol. The molecule has 3 heterocycles. The summed E-state index contributed by atoms with van der Waals surface area (Å²) in [7, 11) is 2.07. The summed E-state index contributed by atoms with van der Waals surface area (Å²) in [4.78, 5) is 4.80. The minimum absolute atomic E-state index is 0.283. The fourth-order valence-electron chi connectivity index (χ4n) is 4.00. The van der Waals surface area contributed by atoms with Crippen molar-refractivity contribution in [3.8, 4) is 22.1 Å². The number of hydrogen-bond acceptors (Lipinski definition) is 7. The third kappa shape index (κ3) is 3.59. The van der Waals surface area contributed by atoms with Crippen molar-refractivity contribution in [2.24, 2.45) is 7.05 Å². The molecule has 31 heavy (non-hydrogen) atoms. The van der Waals surface area contributed by atoms with E-state index in [1.54, 1.807) is 23.1 Å². The Morgan fingerprint density at radius 2 is 1.94 bits per heavy atom. The van der Waals surface area contributed by atoms with Crippen LogP contribution < -0.4 is 9.47 Å². The van der Waals surface area contributed by atoms with Crippen LogP contribution in [0.4, 0.5) is 0 Å². The molecule has 2 atom stereocenters. The summed E-state index contributed by atoms with van der Waals surface area (Å²) in [6, 6.07) is 16.6. The van der Waals surface area contributed by atoms with Gasteiger partial charge in [0.1, 0.15) is 10.8 Å². The van der Waals surface area contributed by atoms with Crippen molar-refractivity contribution in [2.45, 2.75) is 29.2 Å². The SMILES string of the molecule is Cn1c(SCc2csc(-c3ccc4c(c3)OCO4)n2)nnc1C1CC1c1ccccc1. The van der Waals surface area contributed by atoms with E-state index in [-0.39, 0.29) is 6.79 Å². The molecule has 156 valence electrons. The zero-order chi connectivity index (χ0) is 20.8. The number of rotatable bonds is 6. The van der Waals surface area contributed by atoms with Gasteiger partial charge in [0.2, 0.25) is 6.79 Å². The van der Waals surface area contributed by atoms with Crippen LogP contribution in [0.15, 0.2) is 59.1 Å². The summed E-state index contributed by atoms with van der Waals surface area (Å²) in [6.07, 6.45) is 1.14. The maximum Gasteiger partial charge on any atom is 0.231 e. The van der Waals surface area contributed by atoms with Crippen molar-refractivity contribution in [3.63, 3.8) is 0 Å². The standard InChI is InChI=1S/C23H20N4O2S2/c1-27-21(18-10-17(18)14-5-3-2-4-6-14)25-26-23(27)31-12-16-11-30-22(24-16)15-7-8-19-20(9-15)29-13-28-19/h2-9,11,17-18H,10,12-13H2,1H3. The van der Waals surface area contributed by atoms with E-state index in [4.69, 9.17) is 14.5 Å². The number of nitrogens with zero attached hydrogens (tertiary/aromatic N) is 4. The summed E-state index contributed by atoms with van der Waals surface area (Å²) in [5.41, 5.74) is 3.48. The van der Waals surface area contributed by atoms with Gasteiger partial charge in [-0.1, -0.05) is 42.1 Å². The van der Waals surface area contributed by atoms with Gasteiger partial charge in [0.15, 0.2) is 16.7 Å². The summed E-state index contributed by atoms with van der Waals surface area (Å²) in [5, 5.41) is 13.0. The first-order valence-corrected chi connectivity index (χ1v) is 12.0. The van der Waals surface area contributed by atoms with Gasteiger partial charge in [-0.2, -0.15) is 0 Å². The highest BCUT2D eigenvalue weighted by Crippen LogP contribution is 2.54. The lowest BCUT2D eigenvalue weighted by molar-refractivity contribution is 0.174. The van der Waals surface area contributed by atoms with E-state index in [0.29, 0.717) is 11.8 Å². The number of aromatic nitrogens is 4. The third-order valence-corrected chi connectivity index (χ3v) is 7.73. The predicted molar refractivity (Wildman–Crippen MR) is 121 cm³/mol. The number of hydrogen-bond donors (Lipinski definition) is 0. The zero-order valence-corrected chi connectivity index (χ0v) is 18.5. The molecule has 8 heteroatoms. The highest BCUT2D eigenvalue weighted by Gasteiger charge is 2.42. The van der Waals surface area contributed by atoms with Crippen LogP contribution >= 0.6 is 23.1 Å². The minimum atomic E-state index is 0.283. The Morgan fingerprint density at radius 1 is 1.06 bits per heavy atom. The van der Waals surface area contributed by atoms with E-state index < -0.39 is 0 Å². The number of thiazole rings is 1. The monoisotopic (exact) mass is 448 g/mol. The van der Waals surface area contributed by atoms with E-state index in [1.807, 2.05) is 18.2 Å². The van der Waals surface area contributed by atoms with E-state index >= 15 is 0 Å². The molecule has 2 aromatic carbocycles. The summed E-state index contributed by atoms with van der Waals surface area (Å²) >= 11 is 3.32. The molecule has 6 rings (SSSR count). The molecule has 0 amide bonds. The van der Waals surface area contributed by atoms with Gasteiger partial charge in [0.05, 0.1) is 5.69 Å². The second-order valence-electron chi connectivity index (χ2n) is 7.76. The Balaban J connectivity index is 1.12. The number of thioether (sulfide) groups is 1. The van der Waals surface area contributed by atoms with Crippen molar-refractivity contribution in [2.75, 3.05) is 6.79 Å². The highest BCUT2D eigenvalue weighted by molar-refractivity contribution is 7.98. The van der Waals surface area contributed by atoms with Crippen LogP contribution in [0.25, 0.3) is 10.6 Å². The molecule has 0 saturated heterocycles. The molecule has 0 radical (unpaired) electrons. The third-order valence-electron chi connectivity index (χ3n) is 5.74. The first kappa shape index (κ1) is 18.9. The quantitative estimate of drug-likeness (QED) is 0.376. The topological polar surface area (TPSA) is 62.1 Å². The van der Waals surface area contributed by atoms with E-state index in [0.717, 1.165) is 50.9 Å². The molecule has 2 unspecified atom stereocenters. The van der Waals surface area contributed by atoms with Gasteiger partial charge in [0, 0.05) is 29.7 Å². The largest absolute Gasteiger partial charge is 0.454 e. The van der Waals surface area contributed by atoms with Crippen molar-refractivity contribution >= 4 is 23.1 Å². The second kappa shape index (κ2) is 7.69. The molecule has 1 aliphatic carbocycles. The number of benzene rings is 2. The fraction of sp³-hybridized carbons (Fsp3) is 0.261. The van der Waals surface area contributed by atoms with E-state index in [1.165, 1.54) is 5.56 Å². The fourth-order valence-corrected chi connectivity index (χ4v) is 5.73. The summed E-state index contributed by atoms with van der Waals surface area (Å²) in [6.45, 7) is 0.283. The van der Waals surface area contributed by atoms with Gasteiger partial charge >= 0.3 is 0 Å². The van der Waals surface area contributed by atoms with Crippen molar-refractivity contribution in [3.05, 3.63) is 71.0 Å². The van der Waals surface area contributed by atoms with Crippen molar-refractivity contribution < 1.29 is 9.47 Å². The molecule has 0 N–H and O–H groups in total. The molecular formula is C23H20N4O2S2. The van der Waals surface area contributed by atoms with Crippen LogP contribution in [0.2, 0.25) is 0 Å². The highest BCUT2D eigenvalue weighted by atomic mass is 32.2. The van der Waals surface area contributed by atoms with Crippen LogP contribution in [0.3, 0.4) is 0 Å². The van der Waals surface area contributed by atoms with Crippen LogP contribution in [-0.2, 0) is 12.8 Å². The molecule has 0 spiro atoms. The van der Waals surface area contributed by atoms with Gasteiger partial charge < -0.3 is 14.0 Å². The Hall–Kier alpha value is -2.84. The minimum Gasteiger partial charge on any atom is -0.454 e. The van der Waals surface area contributed by atoms with Crippen LogP contribution in [-0.4, -0.2) is 26.5 Å². The molecule has 0 bridgehead atoms. The van der Waals surface area contributed by atoms with Crippen LogP contribution in [0, 0.1) is 0 Å². The van der Waals surface area contributed by atoms with Gasteiger partial charge in [0.25, 0.3) is 0 Å². The summed E-state index contributed by atoms with van der Waals surface area (Å²) in [5.74, 6) is 4.44. The van der Waals surface area contributed by atoms with E-state index in [9.17, 15) is 0 Å². The molecule has 1 saturated carbocycles. The molecular weight excluding hydrogens is 428 g/mol. The molecule has 1 aliphatic heterocycles. The Labute approximate surface area is 188 Å². The lowest BCUT2D eigenvalue weighted by Crippen LogP contribution is -1.98. The average Bonchev–Trinajstić information content (AvgIpc) is 3.13. The molecule has 2 aliphatic rings.